The number of nitrogens with zero attached hydrogens (tertiary/aromatic N) is 2. The largest absolute Gasteiger partial charge is 0.486 e. The second kappa shape index (κ2) is 7.27. The number of hydrogen-bond acceptors (Lipinski definition) is 4. The van der Waals surface area contributed by atoms with E-state index in [-0.39, 0.29) is 18.1 Å². The number of amides is 2. The molecule has 0 aliphatic carbocycles. The summed E-state index contributed by atoms with van der Waals surface area (Å²) in [6.07, 6.45) is 0. The van der Waals surface area contributed by atoms with Crippen molar-refractivity contribution in [2.45, 2.75) is 39.8 Å². The molecule has 2 N–H and O–H groups in total. The number of fused-ring (bicyclic) bond motifs is 1. The Bertz CT molecular complexity index is 815. The van der Waals surface area contributed by atoms with Crippen molar-refractivity contribution in [2.75, 3.05) is 13.2 Å². The van der Waals surface area contributed by atoms with Crippen LogP contribution < -0.4 is 20.1 Å². The van der Waals surface area contributed by atoms with E-state index in [1.54, 1.807) is 0 Å². The molecule has 7 nitrogen and oxygen atoms in total. The highest BCUT2D eigenvalue weighted by Crippen LogP contribution is 2.32. The standard InChI is InChI=1S/C19H26N4O3/c1-11(15-6-7-16-17(10-15)26-9-8-25-16)20-19(24)21-12(2)18-13(3)22-23(5)14(18)4/h6-7,10-12H,8-9H2,1-5H3,(H2,20,21,24). The molecule has 2 unspecified atom stereocenters. The number of aryl methyl sites for hydroxylation is 2. The van der Waals surface area contributed by atoms with Crippen molar-refractivity contribution in [1.82, 2.24) is 20.4 Å². The number of hydrogen-bond donors (Lipinski definition) is 2. The highest BCUT2D eigenvalue weighted by atomic mass is 16.6. The van der Waals surface area contributed by atoms with Crippen molar-refractivity contribution in [1.29, 1.82) is 0 Å². The van der Waals surface area contributed by atoms with E-state index in [2.05, 4.69) is 15.7 Å². The Balaban J connectivity index is 1.64. The fourth-order valence-electron chi connectivity index (χ4n) is 3.34. The predicted molar refractivity (Wildman–Crippen MR) is 98.6 cm³/mol. The minimum Gasteiger partial charge on any atom is -0.486 e. The topological polar surface area (TPSA) is 77.4 Å². The molecule has 2 atom stereocenters. The van der Waals surface area contributed by atoms with Gasteiger partial charge >= 0.3 is 6.03 Å². The van der Waals surface area contributed by atoms with Gasteiger partial charge in [0.1, 0.15) is 13.2 Å². The van der Waals surface area contributed by atoms with Crippen molar-refractivity contribution in [3.63, 3.8) is 0 Å². The zero-order valence-electron chi connectivity index (χ0n) is 15.9. The summed E-state index contributed by atoms with van der Waals surface area (Å²) >= 11 is 0. The summed E-state index contributed by atoms with van der Waals surface area (Å²) in [5.74, 6) is 1.46. The van der Waals surface area contributed by atoms with Crippen LogP contribution >= 0.6 is 0 Å². The van der Waals surface area contributed by atoms with E-state index in [4.69, 9.17) is 9.47 Å². The number of carbonyl (C=O) groups is 1. The molecule has 2 amide bonds. The lowest BCUT2D eigenvalue weighted by Gasteiger charge is -2.22. The molecule has 1 aliphatic rings. The van der Waals surface area contributed by atoms with E-state index in [9.17, 15) is 4.79 Å². The van der Waals surface area contributed by atoms with Gasteiger partial charge < -0.3 is 20.1 Å². The molecule has 1 aromatic carbocycles. The SMILES string of the molecule is Cc1nn(C)c(C)c1C(C)NC(=O)NC(C)c1ccc2c(c1)OCCO2. The number of nitrogens with one attached hydrogen (secondary N) is 2. The third-order valence-corrected chi connectivity index (χ3v) is 4.76. The van der Waals surface area contributed by atoms with Crippen molar-refractivity contribution < 1.29 is 14.3 Å². The summed E-state index contributed by atoms with van der Waals surface area (Å²) in [4.78, 5) is 12.4. The van der Waals surface area contributed by atoms with Gasteiger partial charge in [0.15, 0.2) is 11.5 Å². The molecule has 2 aromatic rings. The summed E-state index contributed by atoms with van der Waals surface area (Å²) in [6.45, 7) is 8.97. The Morgan fingerprint density at radius 1 is 1.12 bits per heavy atom. The maximum absolute atomic E-state index is 12.4. The highest BCUT2D eigenvalue weighted by Gasteiger charge is 2.20. The van der Waals surface area contributed by atoms with Crippen LogP contribution in [0.1, 0.15) is 48.4 Å². The third-order valence-electron chi connectivity index (χ3n) is 4.76. The molecule has 1 aliphatic heterocycles. The zero-order chi connectivity index (χ0) is 18.8. The van der Waals surface area contributed by atoms with Gasteiger partial charge in [-0.15, -0.1) is 0 Å². The van der Waals surface area contributed by atoms with Crippen LogP contribution in [0, 0.1) is 13.8 Å². The summed E-state index contributed by atoms with van der Waals surface area (Å²) in [5, 5.41) is 10.4. The first-order valence-electron chi connectivity index (χ1n) is 8.83. The maximum Gasteiger partial charge on any atom is 0.315 e. The molecule has 0 radical (unpaired) electrons. The van der Waals surface area contributed by atoms with Gasteiger partial charge in [-0.05, 0) is 45.4 Å². The molecule has 0 spiro atoms. The second-order valence-corrected chi connectivity index (χ2v) is 6.67. The quantitative estimate of drug-likeness (QED) is 0.881. The van der Waals surface area contributed by atoms with E-state index in [1.165, 1.54) is 0 Å². The molecule has 0 fully saturated rings. The molecule has 7 heteroatoms. The number of ether oxygens (including phenoxy) is 2. The first-order valence-corrected chi connectivity index (χ1v) is 8.83. The fraction of sp³-hybridized carbons (Fsp3) is 0.474. The number of carbonyl (C=O) groups excluding carboxylic acids is 1. The number of rotatable bonds is 4. The van der Waals surface area contributed by atoms with Gasteiger partial charge in [-0.25, -0.2) is 4.79 Å². The number of benzene rings is 1. The average molecular weight is 358 g/mol. The molecular weight excluding hydrogens is 332 g/mol. The van der Waals surface area contributed by atoms with Crippen LogP contribution in [0.25, 0.3) is 0 Å². The van der Waals surface area contributed by atoms with Crippen molar-refractivity contribution in [2.24, 2.45) is 7.05 Å². The Morgan fingerprint density at radius 3 is 2.42 bits per heavy atom. The van der Waals surface area contributed by atoms with Crippen molar-refractivity contribution in [3.8, 4) is 11.5 Å². The second-order valence-electron chi connectivity index (χ2n) is 6.67. The van der Waals surface area contributed by atoms with Gasteiger partial charge in [-0.3, -0.25) is 4.68 Å². The van der Waals surface area contributed by atoms with Gasteiger partial charge in [0.2, 0.25) is 0 Å². The summed E-state index contributed by atoms with van der Waals surface area (Å²) < 4.78 is 13.0. The lowest BCUT2D eigenvalue weighted by atomic mass is 10.1. The maximum atomic E-state index is 12.4. The van der Waals surface area contributed by atoms with E-state index in [0.29, 0.717) is 13.2 Å². The highest BCUT2D eigenvalue weighted by molar-refractivity contribution is 5.75. The third kappa shape index (κ3) is 3.61. The van der Waals surface area contributed by atoms with Crippen LogP contribution in [0.5, 0.6) is 11.5 Å². The summed E-state index contributed by atoms with van der Waals surface area (Å²) in [5.41, 5.74) is 3.99. The van der Waals surface area contributed by atoms with Crippen molar-refractivity contribution >= 4 is 6.03 Å². The van der Waals surface area contributed by atoms with Gasteiger partial charge in [0, 0.05) is 18.3 Å². The molecule has 140 valence electrons. The van der Waals surface area contributed by atoms with Gasteiger partial charge in [0.05, 0.1) is 17.8 Å². The first-order chi connectivity index (χ1) is 12.4. The van der Waals surface area contributed by atoms with Crippen LogP contribution in [0.4, 0.5) is 4.79 Å². The fourth-order valence-corrected chi connectivity index (χ4v) is 3.34. The summed E-state index contributed by atoms with van der Waals surface area (Å²) in [6, 6.07) is 5.23. The molecule has 2 heterocycles. The smallest absolute Gasteiger partial charge is 0.315 e. The molecular formula is C19H26N4O3. The average Bonchev–Trinajstić information content (AvgIpc) is 2.86. The zero-order valence-corrected chi connectivity index (χ0v) is 15.9. The van der Waals surface area contributed by atoms with Gasteiger partial charge in [-0.1, -0.05) is 6.07 Å². The van der Waals surface area contributed by atoms with Gasteiger partial charge in [0.25, 0.3) is 0 Å². The Labute approximate surface area is 153 Å². The molecule has 3 rings (SSSR count). The van der Waals surface area contributed by atoms with Crippen LogP contribution in [0.2, 0.25) is 0 Å². The normalized spacial score (nSPS) is 15.3. The molecule has 0 saturated heterocycles. The van der Waals surface area contributed by atoms with Crippen LogP contribution in [0.3, 0.4) is 0 Å². The molecule has 26 heavy (non-hydrogen) atoms. The van der Waals surface area contributed by atoms with Crippen LogP contribution in [-0.2, 0) is 7.05 Å². The van der Waals surface area contributed by atoms with E-state index in [0.717, 1.165) is 34.0 Å². The molecule has 1 aromatic heterocycles. The molecule has 0 bridgehead atoms. The van der Waals surface area contributed by atoms with Crippen LogP contribution in [0.15, 0.2) is 18.2 Å². The van der Waals surface area contributed by atoms with E-state index in [1.807, 2.05) is 57.6 Å². The van der Waals surface area contributed by atoms with E-state index < -0.39 is 0 Å². The van der Waals surface area contributed by atoms with Crippen molar-refractivity contribution in [3.05, 3.63) is 40.7 Å². The summed E-state index contributed by atoms with van der Waals surface area (Å²) in [7, 11) is 1.91. The number of aromatic nitrogens is 2. The predicted octanol–water partition coefficient (Wildman–Crippen LogP) is 2.93. The van der Waals surface area contributed by atoms with E-state index >= 15 is 0 Å². The molecule has 0 saturated carbocycles. The minimum absolute atomic E-state index is 0.129. The Morgan fingerprint density at radius 2 is 1.77 bits per heavy atom. The monoisotopic (exact) mass is 358 g/mol. The first kappa shape index (κ1) is 18.1. The van der Waals surface area contributed by atoms with Gasteiger partial charge in [-0.2, -0.15) is 5.10 Å². The minimum atomic E-state index is -0.220. The number of urea groups is 1. The Kier molecular flexibility index (Phi) is 5.06. The van der Waals surface area contributed by atoms with Crippen LogP contribution in [-0.4, -0.2) is 29.0 Å². The lowest BCUT2D eigenvalue weighted by Crippen LogP contribution is -2.38. The Hall–Kier alpha value is -2.70. The lowest BCUT2D eigenvalue weighted by molar-refractivity contribution is 0.171.